The molecule has 1 atom stereocenters. The summed E-state index contributed by atoms with van der Waals surface area (Å²) in [7, 11) is 0. The van der Waals surface area contributed by atoms with Crippen molar-refractivity contribution in [2.75, 3.05) is 0 Å². The Balaban J connectivity index is 2.05. The van der Waals surface area contributed by atoms with Gasteiger partial charge in [-0.05, 0) is 36.8 Å². The second kappa shape index (κ2) is 6.24. The minimum atomic E-state index is -0.998. The van der Waals surface area contributed by atoms with Crippen LogP contribution in [-0.4, -0.2) is 20.9 Å². The van der Waals surface area contributed by atoms with Gasteiger partial charge in [-0.3, -0.25) is 0 Å². The minimum absolute atomic E-state index is 0.0667. The Morgan fingerprint density at radius 3 is 2.64 bits per heavy atom. The Morgan fingerprint density at radius 1 is 1.24 bits per heavy atom. The van der Waals surface area contributed by atoms with Crippen molar-refractivity contribution < 1.29 is 9.90 Å². The van der Waals surface area contributed by atoms with Crippen molar-refractivity contribution >= 4 is 29.3 Å². The SMILES string of the molecule is CCC1Sc2ccccc2-c2c1c(C(=O)O)nn2-c1ccc(Cl)cc1. The van der Waals surface area contributed by atoms with Crippen LogP contribution < -0.4 is 0 Å². The minimum Gasteiger partial charge on any atom is -0.476 e. The average molecular weight is 371 g/mol. The Bertz CT molecular complexity index is 966. The number of thioether (sulfide) groups is 1. The molecule has 3 aromatic rings. The lowest BCUT2D eigenvalue weighted by Gasteiger charge is -2.24. The van der Waals surface area contributed by atoms with E-state index in [1.54, 1.807) is 28.6 Å². The van der Waals surface area contributed by atoms with Crippen LogP contribution in [0.5, 0.6) is 0 Å². The molecular formula is C19H15ClN2O2S. The lowest BCUT2D eigenvalue weighted by atomic mass is 10.00. The topological polar surface area (TPSA) is 55.1 Å². The van der Waals surface area contributed by atoms with Gasteiger partial charge in [0.1, 0.15) is 0 Å². The van der Waals surface area contributed by atoms with Gasteiger partial charge in [0.25, 0.3) is 0 Å². The van der Waals surface area contributed by atoms with Crippen LogP contribution in [0.3, 0.4) is 0 Å². The highest BCUT2D eigenvalue weighted by Gasteiger charge is 2.34. The third kappa shape index (κ3) is 2.64. The highest BCUT2D eigenvalue weighted by Crippen LogP contribution is 2.51. The van der Waals surface area contributed by atoms with Gasteiger partial charge in [0.05, 0.1) is 11.4 Å². The molecule has 4 nitrogen and oxygen atoms in total. The highest BCUT2D eigenvalue weighted by atomic mass is 35.5. The van der Waals surface area contributed by atoms with E-state index in [4.69, 9.17) is 11.6 Å². The Labute approximate surface area is 154 Å². The molecule has 0 spiro atoms. The molecule has 126 valence electrons. The first-order chi connectivity index (χ1) is 12.1. The molecule has 1 aromatic heterocycles. The van der Waals surface area contributed by atoms with E-state index in [1.165, 1.54) is 0 Å². The molecule has 0 radical (unpaired) electrons. The van der Waals surface area contributed by atoms with Gasteiger partial charge >= 0.3 is 5.97 Å². The molecular weight excluding hydrogens is 356 g/mol. The van der Waals surface area contributed by atoms with E-state index in [-0.39, 0.29) is 10.9 Å². The maximum Gasteiger partial charge on any atom is 0.356 e. The van der Waals surface area contributed by atoms with E-state index >= 15 is 0 Å². The Morgan fingerprint density at radius 2 is 1.96 bits per heavy atom. The maximum absolute atomic E-state index is 11.8. The summed E-state index contributed by atoms with van der Waals surface area (Å²) in [5, 5.41) is 14.8. The van der Waals surface area contributed by atoms with E-state index < -0.39 is 5.97 Å². The smallest absolute Gasteiger partial charge is 0.356 e. The number of halogens is 1. The second-order valence-electron chi connectivity index (χ2n) is 5.82. The van der Waals surface area contributed by atoms with Crippen molar-refractivity contribution in [3.63, 3.8) is 0 Å². The predicted octanol–water partition coefficient (Wildman–Crippen LogP) is 5.45. The fourth-order valence-electron chi connectivity index (χ4n) is 3.19. The number of carboxylic acid groups (broad SMARTS) is 1. The third-order valence-electron chi connectivity index (χ3n) is 4.30. The molecule has 0 amide bonds. The monoisotopic (exact) mass is 370 g/mol. The average Bonchev–Trinajstić information content (AvgIpc) is 3.03. The van der Waals surface area contributed by atoms with Gasteiger partial charge < -0.3 is 5.11 Å². The number of carboxylic acids is 1. The van der Waals surface area contributed by atoms with E-state index in [2.05, 4.69) is 18.1 Å². The number of benzene rings is 2. The summed E-state index contributed by atoms with van der Waals surface area (Å²) in [6.45, 7) is 2.07. The van der Waals surface area contributed by atoms with Gasteiger partial charge in [0.15, 0.2) is 5.69 Å². The van der Waals surface area contributed by atoms with E-state index in [0.29, 0.717) is 5.02 Å². The zero-order valence-electron chi connectivity index (χ0n) is 13.4. The molecule has 1 aliphatic rings. The molecule has 0 saturated carbocycles. The summed E-state index contributed by atoms with van der Waals surface area (Å²) in [6.07, 6.45) is 0.832. The van der Waals surface area contributed by atoms with E-state index in [9.17, 15) is 9.90 Å². The van der Waals surface area contributed by atoms with Crippen molar-refractivity contribution in [2.24, 2.45) is 0 Å². The lowest BCUT2D eigenvalue weighted by molar-refractivity contribution is 0.0688. The zero-order valence-corrected chi connectivity index (χ0v) is 15.0. The standard InChI is InChI=1S/C19H15ClN2O2S/c1-2-14-16-17(19(23)24)21-22(12-9-7-11(20)8-10-12)18(16)13-5-3-4-6-15(13)25-14/h3-10,14H,2H2,1H3,(H,23,24). The molecule has 0 bridgehead atoms. The van der Waals surface area contributed by atoms with Crippen molar-refractivity contribution in [3.05, 3.63) is 64.8 Å². The van der Waals surface area contributed by atoms with Gasteiger partial charge in [-0.25, -0.2) is 9.48 Å². The van der Waals surface area contributed by atoms with Crippen LogP contribution in [0.2, 0.25) is 5.02 Å². The lowest BCUT2D eigenvalue weighted by Crippen LogP contribution is -2.07. The van der Waals surface area contributed by atoms with Crippen LogP contribution in [0.25, 0.3) is 16.9 Å². The van der Waals surface area contributed by atoms with Gasteiger partial charge in [0.2, 0.25) is 0 Å². The van der Waals surface area contributed by atoms with Crippen molar-refractivity contribution in [3.8, 4) is 16.9 Å². The van der Waals surface area contributed by atoms with E-state index in [1.807, 2.05) is 30.3 Å². The molecule has 6 heteroatoms. The number of aromatic nitrogens is 2. The first-order valence-corrected chi connectivity index (χ1v) is 9.24. The molecule has 0 fully saturated rings. The number of carbonyl (C=O) groups is 1. The molecule has 0 aliphatic carbocycles. The molecule has 1 aliphatic heterocycles. The van der Waals surface area contributed by atoms with Gasteiger partial charge in [0, 0.05) is 26.3 Å². The van der Waals surface area contributed by atoms with Crippen LogP contribution in [0.15, 0.2) is 53.4 Å². The molecule has 1 N–H and O–H groups in total. The van der Waals surface area contributed by atoms with Crippen molar-refractivity contribution in [2.45, 2.75) is 23.5 Å². The maximum atomic E-state index is 11.8. The van der Waals surface area contributed by atoms with Gasteiger partial charge in [-0.1, -0.05) is 36.7 Å². The largest absolute Gasteiger partial charge is 0.476 e. The fraction of sp³-hybridized carbons (Fsp3) is 0.158. The van der Waals surface area contributed by atoms with Crippen LogP contribution in [0.4, 0.5) is 0 Å². The van der Waals surface area contributed by atoms with Crippen LogP contribution >= 0.6 is 23.4 Å². The Hall–Kier alpha value is -2.24. The fourth-order valence-corrected chi connectivity index (χ4v) is 4.58. The summed E-state index contributed by atoms with van der Waals surface area (Å²) >= 11 is 7.70. The summed E-state index contributed by atoms with van der Waals surface area (Å²) in [5.41, 5.74) is 3.60. The summed E-state index contributed by atoms with van der Waals surface area (Å²) in [6, 6.07) is 15.3. The number of fused-ring (bicyclic) bond motifs is 3. The third-order valence-corrected chi connectivity index (χ3v) is 6.02. The molecule has 0 saturated heterocycles. The summed E-state index contributed by atoms with van der Waals surface area (Å²) < 4.78 is 1.73. The highest BCUT2D eigenvalue weighted by molar-refractivity contribution is 7.99. The summed E-state index contributed by atoms with van der Waals surface area (Å²) in [4.78, 5) is 13.0. The van der Waals surface area contributed by atoms with E-state index in [0.717, 1.165) is 33.8 Å². The first kappa shape index (κ1) is 16.2. The van der Waals surface area contributed by atoms with Crippen LogP contribution in [0, 0.1) is 0 Å². The molecule has 1 unspecified atom stereocenters. The number of aromatic carboxylic acids is 1. The Kier molecular flexibility index (Phi) is 4.06. The normalized spacial score (nSPS) is 15.5. The zero-order chi connectivity index (χ0) is 17.6. The van der Waals surface area contributed by atoms with Gasteiger partial charge in [-0.2, -0.15) is 5.10 Å². The molecule has 25 heavy (non-hydrogen) atoms. The van der Waals surface area contributed by atoms with Crippen LogP contribution in [0.1, 0.15) is 34.6 Å². The quantitative estimate of drug-likeness (QED) is 0.666. The molecule has 4 rings (SSSR count). The number of hydrogen-bond donors (Lipinski definition) is 1. The summed E-state index contributed by atoms with van der Waals surface area (Å²) in [5.74, 6) is -0.998. The number of hydrogen-bond acceptors (Lipinski definition) is 3. The predicted molar refractivity (Wildman–Crippen MR) is 99.9 cm³/mol. The van der Waals surface area contributed by atoms with Crippen molar-refractivity contribution in [1.29, 1.82) is 0 Å². The second-order valence-corrected chi connectivity index (χ2v) is 7.50. The van der Waals surface area contributed by atoms with Crippen LogP contribution in [-0.2, 0) is 0 Å². The van der Waals surface area contributed by atoms with Gasteiger partial charge in [-0.15, -0.1) is 11.8 Å². The first-order valence-electron chi connectivity index (χ1n) is 7.98. The molecule has 2 heterocycles. The molecule has 2 aromatic carbocycles. The number of rotatable bonds is 3. The number of nitrogens with zero attached hydrogens (tertiary/aromatic N) is 2. The van der Waals surface area contributed by atoms with Crippen molar-refractivity contribution in [1.82, 2.24) is 9.78 Å².